The molecule has 1 N–H and O–H groups in total. The zero-order valence-corrected chi connectivity index (χ0v) is 21.0. The summed E-state index contributed by atoms with van der Waals surface area (Å²) in [6, 6.07) is 13.5. The minimum Gasteiger partial charge on any atom is -0.496 e. The highest BCUT2D eigenvalue weighted by molar-refractivity contribution is 5.77. The lowest BCUT2D eigenvalue weighted by Gasteiger charge is -2.52. The minimum absolute atomic E-state index is 0.103. The fourth-order valence-corrected chi connectivity index (χ4v) is 6.63. The topological polar surface area (TPSA) is 68.2 Å². The molecule has 3 aliphatic heterocycles. The SMILES string of the molecule is COc1ccc2cc1-c1cc(ccc1OC)[C@H]1C[C@@H](O)C[C@H]3CCC[C@@H](C[C@H](OC(C)=O)CC2)N31. The Hall–Kier alpha value is -2.57. The van der Waals surface area contributed by atoms with Gasteiger partial charge in [0.25, 0.3) is 0 Å². The molecule has 0 saturated carbocycles. The van der Waals surface area contributed by atoms with Crippen LogP contribution in [0.25, 0.3) is 11.1 Å². The lowest BCUT2D eigenvalue weighted by atomic mass is 9.80. The van der Waals surface area contributed by atoms with Crippen LogP contribution in [0.1, 0.15) is 69.0 Å². The molecule has 2 aromatic rings. The van der Waals surface area contributed by atoms with E-state index in [9.17, 15) is 9.90 Å². The van der Waals surface area contributed by atoms with Gasteiger partial charge in [0.2, 0.25) is 0 Å². The molecule has 6 nitrogen and oxygen atoms in total. The molecule has 5 rings (SSSR count). The molecule has 5 atom stereocenters. The van der Waals surface area contributed by atoms with Crippen LogP contribution in [0.5, 0.6) is 11.5 Å². The maximum Gasteiger partial charge on any atom is 0.302 e. The number of methoxy groups -OCH3 is 2. The van der Waals surface area contributed by atoms with Gasteiger partial charge in [0.05, 0.1) is 20.3 Å². The molecule has 0 radical (unpaired) electrons. The van der Waals surface area contributed by atoms with Gasteiger partial charge in [-0.05, 0) is 80.3 Å². The number of rotatable bonds is 3. The highest BCUT2D eigenvalue weighted by Crippen LogP contribution is 2.46. The number of hydrogen-bond acceptors (Lipinski definition) is 6. The minimum atomic E-state index is -0.316. The maximum absolute atomic E-state index is 12.0. The smallest absolute Gasteiger partial charge is 0.302 e. The second kappa shape index (κ2) is 10.2. The van der Waals surface area contributed by atoms with Crippen LogP contribution >= 0.6 is 0 Å². The summed E-state index contributed by atoms with van der Waals surface area (Å²) in [7, 11) is 3.40. The Bertz CT molecular complexity index is 1070. The molecule has 0 aromatic heterocycles. The predicted octanol–water partition coefficient (Wildman–Crippen LogP) is 5.06. The summed E-state index contributed by atoms with van der Waals surface area (Å²) in [5, 5.41) is 10.9. The van der Waals surface area contributed by atoms with Crippen LogP contribution in [0.2, 0.25) is 0 Å². The van der Waals surface area contributed by atoms with E-state index in [0.29, 0.717) is 18.5 Å². The van der Waals surface area contributed by atoms with Crippen LogP contribution in [0.3, 0.4) is 0 Å². The standard InChI is InChI=1S/C29H37NO5/c1-18(31)35-24-10-7-19-8-11-28(33-2)25(13-19)26-14-20(9-12-29(26)34-3)27-17-23(32)15-21-5-4-6-22(16-24)30(21)27/h8-9,11-14,21-24,27,32H,4-7,10,15-17H2,1-3H3/t21-,22+,23+,24-,27-/m1/s1. The number of carbonyl (C=O) groups excluding carboxylic acids is 1. The summed E-state index contributed by atoms with van der Waals surface area (Å²) in [5.41, 5.74) is 4.37. The first-order valence-corrected chi connectivity index (χ1v) is 12.9. The number of piperidine rings is 2. The number of fused-ring (bicyclic) bond motifs is 6. The van der Waals surface area contributed by atoms with Crippen molar-refractivity contribution in [1.29, 1.82) is 0 Å². The zero-order valence-electron chi connectivity index (χ0n) is 21.0. The Kier molecular flexibility index (Phi) is 7.03. The third kappa shape index (κ3) is 4.91. The normalized spacial score (nSPS) is 28.5. The molecular weight excluding hydrogens is 442 g/mol. The number of nitrogens with zero attached hydrogens (tertiary/aromatic N) is 1. The summed E-state index contributed by atoms with van der Waals surface area (Å²) in [6.45, 7) is 1.51. The van der Waals surface area contributed by atoms with Crippen molar-refractivity contribution in [3.05, 3.63) is 47.5 Å². The van der Waals surface area contributed by atoms with E-state index in [1.54, 1.807) is 14.2 Å². The van der Waals surface area contributed by atoms with Gasteiger partial charge in [-0.1, -0.05) is 18.6 Å². The average molecular weight is 480 g/mol. The highest BCUT2D eigenvalue weighted by atomic mass is 16.5. The largest absolute Gasteiger partial charge is 0.496 e. The van der Waals surface area contributed by atoms with E-state index < -0.39 is 0 Å². The number of aliphatic hydroxyl groups is 1. The number of benzene rings is 2. The van der Waals surface area contributed by atoms with Crippen LogP contribution in [0, 0.1) is 0 Å². The van der Waals surface area contributed by atoms with E-state index in [4.69, 9.17) is 14.2 Å². The summed E-state index contributed by atoms with van der Waals surface area (Å²) in [4.78, 5) is 14.6. The number of esters is 1. The Morgan fingerprint density at radius 1 is 0.914 bits per heavy atom. The molecule has 3 aliphatic rings. The molecule has 35 heavy (non-hydrogen) atoms. The highest BCUT2D eigenvalue weighted by Gasteiger charge is 2.42. The quantitative estimate of drug-likeness (QED) is 0.621. The van der Waals surface area contributed by atoms with Crippen molar-refractivity contribution < 1.29 is 24.1 Å². The van der Waals surface area contributed by atoms with Crippen molar-refractivity contribution in [2.24, 2.45) is 0 Å². The summed E-state index contributed by atoms with van der Waals surface area (Å²) in [5.74, 6) is 1.39. The van der Waals surface area contributed by atoms with Gasteiger partial charge in [-0.25, -0.2) is 0 Å². The third-order valence-corrected chi connectivity index (χ3v) is 8.10. The molecule has 188 valence electrons. The second-order valence-electron chi connectivity index (χ2n) is 10.3. The van der Waals surface area contributed by atoms with Crippen molar-refractivity contribution in [1.82, 2.24) is 4.90 Å². The molecule has 2 aromatic carbocycles. The molecule has 3 heterocycles. The van der Waals surface area contributed by atoms with E-state index in [1.807, 2.05) is 12.1 Å². The van der Waals surface area contributed by atoms with Crippen LogP contribution in [-0.4, -0.2) is 54.5 Å². The molecule has 0 spiro atoms. The van der Waals surface area contributed by atoms with Crippen LogP contribution < -0.4 is 9.47 Å². The number of ether oxygens (including phenoxy) is 3. The van der Waals surface area contributed by atoms with E-state index in [-0.39, 0.29) is 24.2 Å². The molecule has 0 unspecified atom stereocenters. The predicted molar refractivity (Wildman–Crippen MR) is 135 cm³/mol. The van der Waals surface area contributed by atoms with Crippen LogP contribution in [0.15, 0.2) is 36.4 Å². The molecule has 2 saturated heterocycles. The second-order valence-corrected chi connectivity index (χ2v) is 10.3. The number of aryl methyl sites for hydroxylation is 1. The van der Waals surface area contributed by atoms with Gasteiger partial charge in [-0.3, -0.25) is 9.69 Å². The molecule has 6 heteroatoms. The fraction of sp³-hybridized carbons (Fsp3) is 0.552. The van der Waals surface area contributed by atoms with E-state index in [0.717, 1.165) is 67.6 Å². The van der Waals surface area contributed by atoms with Gasteiger partial charge in [0.15, 0.2) is 0 Å². The van der Waals surface area contributed by atoms with Crippen molar-refractivity contribution in [2.75, 3.05) is 14.2 Å². The van der Waals surface area contributed by atoms with Gasteiger partial charge in [0.1, 0.15) is 17.6 Å². The molecule has 0 aliphatic carbocycles. The third-order valence-electron chi connectivity index (χ3n) is 8.10. The molecule has 0 amide bonds. The molecule has 2 fully saturated rings. The summed E-state index contributed by atoms with van der Waals surface area (Å²) in [6.07, 6.45) is 6.81. The van der Waals surface area contributed by atoms with Gasteiger partial charge in [0, 0.05) is 36.2 Å². The number of carbonyl (C=O) groups is 1. The Morgan fingerprint density at radius 3 is 2.31 bits per heavy atom. The van der Waals surface area contributed by atoms with Gasteiger partial charge in [-0.15, -0.1) is 0 Å². The lowest BCUT2D eigenvalue weighted by molar-refractivity contribution is -0.148. The van der Waals surface area contributed by atoms with Crippen molar-refractivity contribution in [2.45, 2.75) is 88.6 Å². The maximum atomic E-state index is 12.0. The Morgan fingerprint density at radius 2 is 1.60 bits per heavy atom. The van der Waals surface area contributed by atoms with Crippen molar-refractivity contribution in [3.8, 4) is 22.6 Å². The average Bonchev–Trinajstić information content (AvgIpc) is 2.85. The zero-order chi connectivity index (χ0) is 24.5. The lowest BCUT2D eigenvalue weighted by Crippen LogP contribution is -2.54. The van der Waals surface area contributed by atoms with Crippen molar-refractivity contribution >= 4 is 5.97 Å². The van der Waals surface area contributed by atoms with Crippen molar-refractivity contribution in [3.63, 3.8) is 0 Å². The first-order chi connectivity index (χ1) is 17.0. The summed E-state index contributed by atoms with van der Waals surface area (Å²) >= 11 is 0. The van der Waals surface area contributed by atoms with E-state index in [1.165, 1.54) is 18.1 Å². The van der Waals surface area contributed by atoms with E-state index >= 15 is 0 Å². The van der Waals surface area contributed by atoms with E-state index in [2.05, 4.69) is 29.2 Å². The first kappa shape index (κ1) is 24.1. The molecule has 4 bridgehead atoms. The Balaban J connectivity index is 1.67. The molecular formula is C29H37NO5. The first-order valence-electron chi connectivity index (χ1n) is 12.9. The monoisotopic (exact) mass is 479 g/mol. The number of hydrogen-bond donors (Lipinski definition) is 1. The van der Waals surface area contributed by atoms with Gasteiger partial charge >= 0.3 is 5.97 Å². The van der Waals surface area contributed by atoms with Crippen LogP contribution in [0.4, 0.5) is 0 Å². The summed E-state index contributed by atoms with van der Waals surface area (Å²) < 4.78 is 17.4. The fourth-order valence-electron chi connectivity index (χ4n) is 6.63. The van der Waals surface area contributed by atoms with Crippen LogP contribution in [-0.2, 0) is 16.0 Å². The van der Waals surface area contributed by atoms with Gasteiger partial charge in [-0.2, -0.15) is 0 Å². The Labute approximate surface area is 208 Å². The van der Waals surface area contributed by atoms with Gasteiger partial charge < -0.3 is 19.3 Å². The number of aliphatic hydroxyl groups excluding tert-OH is 1.